The molecule has 1 N–H and O–H groups in total. The predicted octanol–water partition coefficient (Wildman–Crippen LogP) is 3.23. The molecule has 1 saturated heterocycles. The molecule has 25 heavy (non-hydrogen) atoms. The Labute approximate surface area is 151 Å². The molecule has 3 rings (SSSR count). The lowest BCUT2D eigenvalue weighted by Crippen LogP contribution is -2.48. The highest BCUT2D eigenvalue weighted by Gasteiger charge is 2.38. The van der Waals surface area contributed by atoms with E-state index in [1.807, 2.05) is 32.9 Å². The summed E-state index contributed by atoms with van der Waals surface area (Å²) in [6, 6.07) is 6.83. The minimum Gasteiger partial charge on any atom is -0.445 e. The van der Waals surface area contributed by atoms with Gasteiger partial charge in [-0.15, -0.1) is 11.8 Å². The number of carbonyl (C=O) groups is 2. The third-order valence-corrected chi connectivity index (χ3v) is 4.93. The summed E-state index contributed by atoms with van der Waals surface area (Å²) in [6.07, 6.45) is 3.10. The van der Waals surface area contributed by atoms with Crippen LogP contribution in [0.25, 0.3) is 11.5 Å². The van der Waals surface area contributed by atoms with E-state index < -0.39 is 11.5 Å². The van der Waals surface area contributed by atoms with E-state index in [2.05, 4.69) is 10.3 Å². The molecule has 0 aliphatic carbocycles. The molecule has 0 spiro atoms. The third-order valence-electron chi connectivity index (χ3n) is 3.92. The summed E-state index contributed by atoms with van der Waals surface area (Å²) in [6.45, 7) is 5.61. The quantitative estimate of drug-likeness (QED) is 0.911. The number of anilines is 1. The number of oxazole rings is 1. The molecule has 0 radical (unpaired) electrons. The Bertz CT molecular complexity index is 751. The Morgan fingerprint density at radius 3 is 2.60 bits per heavy atom. The second kappa shape index (κ2) is 6.92. The van der Waals surface area contributed by atoms with Gasteiger partial charge in [0.1, 0.15) is 12.3 Å². The van der Waals surface area contributed by atoms with Crippen molar-refractivity contribution < 1.29 is 14.0 Å². The molecule has 1 aliphatic heterocycles. The fourth-order valence-corrected chi connectivity index (χ4v) is 3.73. The fourth-order valence-electron chi connectivity index (χ4n) is 2.58. The van der Waals surface area contributed by atoms with Crippen molar-refractivity contribution in [3.8, 4) is 11.5 Å². The van der Waals surface area contributed by atoms with Gasteiger partial charge in [0.05, 0.1) is 12.1 Å². The predicted molar refractivity (Wildman–Crippen MR) is 98.0 cm³/mol. The maximum absolute atomic E-state index is 12.6. The first-order valence-electron chi connectivity index (χ1n) is 8.06. The molecular weight excluding hydrogens is 338 g/mol. The summed E-state index contributed by atoms with van der Waals surface area (Å²) < 4.78 is 5.25. The van der Waals surface area contributed by atoms with E-state index in [0.717, 1.165) is 5.56 Å². The van der Waals surface area contributed by atoms with Crippen molar-refractivity contribution in [3.05, 3.63) is 36.7 Å². The van der Waals surface area contributed by atoms with Gasteiger partial charge >= 0.3 is 0 Å². The average molecular weight is 359 g/mol. The van der Waals surface area contributed by atoms with Gasteiger partial charge in [-0.1, -0.05) is 20.8 Å². The van der Waals surface area contributed by atoms with Crippen molar-refractivity contribution in [2.45, 2.75) is 26.8 Å². The van der Waals surface area contributed by atoms with Gasteiger partial charge < -0.3 is 14.6 Å². The smallest absolute Gasteiger partial charge is 0.248 e. The molecule has 2 amide bonds. The molecule has 6 nitrogen and oxygen atoms in total. The molecule has 1 aromatic carbocycles. The number of rotatable bonds is 3. The summed E-state index contributed by atoms with van der Waals surface area (Å²) in [7, 11) is 0. The first-order valence-corrected chi connectivity index (χ1v) is 9.21. The summed E-state index contributed by atoms with van der Waals surface area (Å²) in [5.74, 6) is 1.54. The number of nitrogens with one attached hydrogen (secondary N) is 1. The zero-order valence-electron chi connectivity index (χ0n) is 14.5. The van der Waals surface area contributed by atoms with Crippen molar-refractivity contribution in [2.75, 3.05) is 16.9 Å². The van der Waals surface area contributed by atoms with Crippen LogP contribution in [0.4, 0.5) is 5.69 Å². The van der Waals surface area contributed by atoms with Crippen LogP contribution in [-0.2, 0) is 9.59 Å². The lowest BCUT2D eigenvalue weighted by atomic mass is 9.94. The first-order chi connectivity index (χ1) is 11.9. The molecule has 1 fully saturated rings. The van der Waals surface area contributed by atoms with Crippen LogP contribution in [0.5, 0.6) is 0 Å². The zero-order valence-corrected chi connectivity index (χ0v) is 15.3. The Kier molecular flexibility index (Phi) is 4.85. The Hall–Kier alpha value is -2.28. The molecule has 1 aliphatic rings. The molecule has 7 heteroatoms. The van der Waals surface area contributed by atoms with Gasteiger partial charge in [-0.2, -0.15) is 0 Å². The second-order valence-electron chi connectivity index (χ2n) is 6.94. The van der Waals surface area contributed by atoms with E-state index in [1.54, 1.807) is 35.0 Å². The monoisotopic (exact) mass is 359 g/mol. The molecular formula is C18H21N3O3S. The summed E-state index contributed by atoms with van der Waals surface area (Å²) in [4.78, 5) is 30.9. The number of hydrogen-bond donors (Lipinski definition) is 1. The molecule has 2 heterocycles. The third kappa shape index (κ3) is 3.87. The number of benzene rings is 1. The second-order valence-corrected chi connectivity index (χ2v) is 7.94. The van der Waals surface area contributed by atoms with Crippen LogP contribution in [-0.4, -0.2) is 39.4 Å². The average Bonchev–Trinajstić information content (AvgIpc) is 3.25. The number of hydrogen-bond acceptors (Lipinski definition) is 5. The van der Waals surface area contributed by atoms with Gasteiger partial charge in [0.25, 0.3) is 0 Å². The summed E-state index contributed by atoms with van der Waals surface area (Å²) in [5.41, 5.74) is 1.02. The maximum atomic E-state index is 12.6. The van der Waals surface area contributed by atoms with E-state index in [-0.39, 0.29) is 11.8 Å². The molecule has 0 bridgehead atoms. The van der Waals surface area contributed by atoms with Crippen molar-refractivity contribution >= 4 is 29.3 Å². The Balaban J connectivity index is 1.68. The van der Waals surface area contributed by atoms with Crippen LogP contribution in [0.2, 0.25) is 0 Å². The van der Waals surface area contributed by atoms with E-state index in [4.69, 9.17) is 4.42 Å². The Morgan fingerprint density at radius 1 is 1.28 bits per heavy atom. The highest BCUT2D eigenvalue weighted by Crippen LogP contribution is 2.28. The molecule has 2 aromatic rings. The number of amides is 2. The first kappa shape index (κ1) is 17.5. The minimum absolute atomic E-state index is 0.00288. The van der Waals surface area contributed by atoms with Gasteiger partial charge in [-0.25, -0.2) is 4.98 Å². The van der Waals surface area contributed by atoms with Crippen molar-refractivity contribution in [1.82, 2.24) is 9.88 Å². The van der Waals surface area contributed by atoms with Crippen LogP contribution in [0.3, 0.4) is 0 Å². The number of carbonyl (C=O) groups excluding carboxylic acids is 2. The number of nitrogens with zero attached hydrogens (tertiary/aromatic N) is 2. The summed E-state index contributed by atoms with van der Waals surface area (Å²) >= 11 is 1.60. The van der Waals surface area contributed by atoms with Gasteiger partial charge in [-0.05, 0) is 24.3 Å². The maximum Gasteiger partial charge on any atom is 0.248 e. The highest BCUT2D eigenvalue weighted by molar-refractivity contribution is 7.99. The van der Waals surface area contributed by atoms with Crippen LogP contribution >= 0.6 is 11.8 Å². The van der Waals surface area contributed by atoms with E-state index in [9.17, 15) is 9.59 Å². The van der Waals surface area contributed by atoms with Crippen molar-refractivity contribution in [3.63, 3.8) is 0 Å². The normalized spacial score (nSPS) is 17.6. The fraction of sp³-hybridized carbons (Fsp3) is 0.389. The van der Waals surface area contributed by atoms with Crippen LogP contribution in [0.1, 0.15) is 20.8 Å². The SMILES string of the molecule is CC(C)(C)C(=O)N1CSC[C@H]1C(=O)Nc1ccc(-c2ncco2)cc1. The van der Waals surface area contributed by atoms with Crippen molar-refractivity contribution in [2.24, 2.45) is 5.41 Å². The van der Waals surface area contributed by atoms with Crippen LogP contribution < -0.4 is 5.32 Å². The zero-order chi connectivity index (χ0) is 18.0. The Morgan fingerprint density at radius 2 is 2.00 bits per heavy atom. The molecule has 0 saturated carbocycles. The lowest BCUT2D eigenvalue weighted by molar-refractivity contribution is -0.143. The molecule has 1 atom stereocenters. The highest BCUT2D eigenvalue weighted by atomic mass is 32.2. The van der Waals surface area contributed by atoms with Crippen LogP contribution in [0, 0.1) is 5.41 Å². The molecule has 1 aromatic heterocycles. The van der Waals surface area contributed by atoms with E-state index in [0.29, 0.717) is 23.2 Å². The molecule has 132 valence electrons. The van der Waals surface area contributed by atoms with Crippen LogP contribution in [0.15, 0.2) is 41.1 Å². The van der Waals surface area contributed by atoms with E-state index in [1.165, 1.54) is 6.26 Å². The number of aromatic nitrogens is 1. The van der Waals surface area contributed by atoms with E-state index >= 15 is 0 Å². The lowest BCUT2D eigenvalue weighted by Gasteiger charge is -2.29. The van der Waals surface area contributed by atoms with Gasteiger partial charge in [0, 0.05) is 22.4 Å². The molecule has 0 unspecified atom stereocenters. The van der Waals surface area contributed by atoms with Crippen molar-refractivity contribution in [1.29, 1.82) is 0 Å². The van der Waals surface area contributed by atoms with Gasteiger partial charge in [0.2, 0.25) is 17.7 Å². The topological polar surface area (TPSA) is 75.4 Å². The van der Waals surface area contributed by atoms with Gasteiger partial charge in [-0.3, -0.25) is 9.59 Å². The summed E-state index contributed by atoms with van der Waals surface area (Å²) in [5, 5.41) is 2.90. The number of thioether (sulfide) groups is 1. The largest absolute Gasteiger partial charge is 0.445 e. The van der Waals surface area contributed by atoms with Gasteiger partial charge in [0.15, 0.2) is 0 Å². The minimum atomic E-state index is -0.499. The standard InChI is InChI=1S/C18H21N3O3S/c1-18(2,3)17(23)21-11-25-10-14(21)15(22)20-13-6-4-12(5-7-13)16-19-8-9-24-16/h4-9,14H,10-11H2,1-3H3,(H,20,22)/t14-/m0/s1.